The minimum Gasteiger partial charge on any atom is -0.497 e. The minimum absolute atomic E-state index is 0.0805. The highest BCUT2D eigenvalue weighted by Gasteiger charge is 2.20. The van der Waals surface area contributed by atoms with Crippen molar-refractivity contribution in [3.05, 3.63) is 74.4 Å². The molecule has 0 fully saturated rings. The molecule has 0 unspecified atom stereocenters. The first-order valence-electron chi connectivity index (χ1n) is 11.3. The van der Waals surface area contributed by atoms with E-state index in [-0.39, 0.29) is 5.91 Å². The van der Waals surface area contributed by atoms with Crippen molar-refractivity contribution in [1.82, 2.24) is 14.9 Å². The van der Waals surface area contributed by atoms with Gasteiger partial charge in [0.05, 0.1) is 30.6 Å². The zero-order valence-electron chi connectivity index (χ0n) is 20.1. The van der Waals surface area contributed by atoms with Crippen LogP contribution in [0.5, 0.6) is 11.5 Å². The number of amides is 1. The number of methoxy groups -OCH3 is 2. The average molecular weight is 512 g/mol. The van der Waals surface area contributed by atoms with Crippen LogP contribution in [0.2, 0.25) is 0 Å². The number of aromatic nitrogens is 2. The smallest absolute Gasteiger partial charge is 0.253 e. The standard InChI is InChI=1S/C26H29N3O4S2/c1-18-22(26(30)27-11-5-12-31-2)14-24(29(18)15-21-6-4-13-34-21)23-17-35-25(28-23)16-33-20-9-7-19(32-3)8-10-20/h4,6-10,13-14,17H,5,11-12,15-16H2,1-3H3,(H,27,30). The Kier molecular flexibility index (Phi) is 8.57. The second kappa shape index (κ2) is 12.0. The Morgan fingerprint density at radius 2 is 1.91 bits per heavy atom. The summed E-state index contributed by atoms with van der Waals surface area (Å²) in [4.78, 5) is 19.0. The number of nitrogens with zero attached hydrogens (tertiary/aromatic N) is 2. The predicted octanol–water partition coefficient (Wildman–Crippen LogP) is 5.38. The molecule has 184 valence electrons. The van der Waals surface area contributed by atoms with Crippen molar-refractivity contribution in [3.63, 3.8) is 0 Å². The molecule has 0 aliphatic heterocycles. The Hall–Kier alpha value is -3.14. The van der Waals surface area contributed by atoms with Gasteiger partial charge in [-0.05, 0) is 55.1 Å². The Balaban J connectivity index is 1.54. The second-order valence-corrected chi connectivity index (χ2v) is 9.86. The summed E-state index contributed by atoms with van der Waals surface area (Å²) in [5.74, 6) is 1.46. The summed E-state index contributed by atoms with van der Waals surface area (Å²) in [6, 6.07) is 13.6. The number of rotatable bonds is 12. The minimum atomic E-state index is -0.0805. The lowest BCUT2D eigenvalue weighted by Gasteiger charge is -2.10. The molecule has 7 nitrogen and oxygen atoms in total. The third-order valence-corrected chi connectivity index (χ3v) is 7.24. The van der Waals surface area contributed by atoms with Gasteiger partial charge < -0.3 is 24.1 Å². The first kappa shape index (κ1) is 25.0. The molecule has 4 rings (SSSR count). The van der Waals surface area contributed by atoms with Crippen molar-refractivity contribution in [3.8, 4) is 22.9 Å². The molecule has 1 N–H and O–H groups in total. The van der Waals surface area contributed by atoms with Crippen LogP contribution in [0.1, 0.15) is 32.4 Å². The summed E-state index contributed by atoms with van der Waals surface area (Å²) in [5, 5.41) is 7.95. The lowest BCUT2D eigenvalue weighted by molar-refractivity contribution is 0.0948. The number of hydrogen-bond donors (Lipinski definition) is 1. The SMILES string of the molecule is COCCCNC(=O)c1cc(-c2csc(COc3ccc(OC)cc3)n2)n(Cc2cccs2)c1C. The van der Waals surface area contributed by atoms with Gasteiger partial charge in [-0.25, -0.2) is 4.98 Å². The van der Waals surface area contributed by atoms with Crippen LogP contribution in [0, 0.1) is 6.92 Å². The second-order valence-electron chi connectivity index (χ2n) is 7.89. The van der Waals surface area contributed by atoms with E-state index in [1.807, 2.05) is 48.7 Å². The van der Waals surface area contributed by atoms with E-state index < -0.39 is 0 Å². The highest BCUT2D eigenvalue weighted by atomic mass is 32.1. The third kappa shape index (κ3) is 6.30. The summed E-state index contributed by atoms with van der Waals surface area (Å²) >= 11 is 3.24. The quantitative estimate of drug-likeness (QED) is 0.258. The first-order chi connectivity index (χ1) is 17.1. The molecule has 1 amide bonds. The van der Waals surface area contributed by atoms with Gasteiger partial charge in [0.2, 0.25) is 0 Å². The van der Waals surface area contributed by atoms with Gasteiger partial charge in [-0.1, -0.05) is 6.07 Å². The molecule has 1 aromatic carbocycles. The number of thiazole rings is 1. The van der Waals surface area contributed by atoms with E-state index in [1.165, 1.54) is 4.88 Å². The summed E-state index contributed by atoms with van der Waals surface area (Å²) in [6.07, 6.45) is 0.772. The Bertz CT molecular complexity index is 1230. The van der Waals surface area contributed by atoms with Crippen LogP contribution in [-0.4, -0.2) is 42.8 Å². The van der Waals surface area contributed by atoms with Crippen LogP contribution in [0.3, 0.4) is 0 Å². The van der Waals surface area contributed by atoms with Crippen LogP contribution in [0.15, 0.2) is 53.2 Å². The third-order valence-electron chi connectivity index (χ3n) is 5.55. The molecule has 0 saturated heterocycles. The maximum Gasteiger partial charge on any atom is 0.253 e. The normalized spacial score (nSPS) is 10.9. The maximum absolute atomic E-state index is 12.9. The number of benzene rings is 1. The number of hydrogen-bond acceptors (Lipinski definition) is 7. The maximum atomic E-state index is 12.9. The van der Waals surface area contributed by atoms with Crippen molar-refractivity contribution in [1.29, 1.82) is 0 Å². The van der Waals surface area contributed by atoms with Crippen LogP contribution < -0.4 is 14.8 Å². The Morgan fingerprint density at radius 3 is 2.63 bits per heavy atom. The van der Waals surface area contributed by atoms with Gasteiger partial charge >= 0.3 is 0 Å². The van der Waals surface area contributed by atoms with E-state index in [2.05, 4.69) is 21.3 Å². The summed E-state index contributed by atoms with van der Waals surface area (Å²) in [6.45, 7) is 4.23. The first-order valence-corrected chi connectivity index (χ1v) is 13.1. The van der Waals surface area contributed by atoms with Crippen molar-refractivity contribution in [2.75, 3.05) is 27.4 Å². The van der Waals surface area contributed by atoms with E-state index in [0.29, 0.717) is 31.9 Å². The lowest BCUT2D eigenvalue weighted by Crippen LogP contribution is -2.25. The zero-order valence-corrected chi connectivity index (χ0v) is 21.7. The fraction of sp³-hybridized carbons (Fsp3) is 0.308. The number of carbonyl (C=O) groups excluding carboxylic acids is 1. The Morgan fingerprint density at radius 1 is 1.11 bits per heavy atom. The molecule has 3 heterocycles. The Labute approximate surface area is 213 Å². The highest BCUT2D eigenvalue weighted by molar-refractivity contribution is 7.10. The molecule has 0 radical (unpaired) electrons. The van der Waals surface area contributed by atoms with Crippen molar-refractivity contribution in [2.24, 2.45) is 0 Å². The molecule has 3 aromatic heterocycles. The molecule has 0 spiro atoms. The van der Waals surface area contributed by atoms with Gasteiger partial charge in [0.1, 0.15) is 23.1 Å². The van der Waals surface area contributed by atoms with Crippen molar-refractivity contribution < 1.29 is 19.0 Å². The molecule has 0 saturated carbocycles. The topological polar surface area (TPSA) is 74.6 Å². The van der Waals surface area contributed by atoms with Gasteiger partial charge in [-0.2, -0.15) is 0 Å². The fourth-order valence-corrected chi connectivity index (χ4v) is 5.07. The summed E-state index contributed by atoms with van der Waals surface area (Å²) in [5.41, 5.74) is 3.34. The van der Waals surface area contributed by atoms with E-state index >= 15 is 0 Å². The molecule has 0 aliphatic rings. The molecule has 0 aliphatic carbocycles. The zero-order chi connectivity index (χ0) is 24.6. The fourth-order valence-electron chi connectivity index (χ4n) is 3.67. The summed E-state index contributed by atoms with van der Waals surface area (Å²) in [7, 11) is 3.30. The van der Waals surface area contributed by atoms with Gasteiger partial charge in [-0.3, -0.25) is 4.79 Å². The van der Waals surface area contributed by atoms with Gasteiger partial charge in [-0.15, -0.1) is 22.7 Å². The number of carbonyl (C=O) groups is 1. The molecule has 9 heteroatoms. The average Bonchev–Trinajstić information content (AvgIpc) is 3.63. The predicted molar refractivity (Wildman–Crippen MR) is 140 cm³/mol. The monoisotopic (exact) mass is 511 g/mol. The number of nitrogens with one attached hydrogen (secondary N) is 1. The van der Waals surface area contributed by atoms with E-state index in [9.17, 15) is 4.79 Å². The van der Waals surface area contributed by atoms with Crippen molar-refractivity contribution in [2.45, 2.75) is 26.5 Å². The van der Waals surface area contributed by atoms with Gasteiger partial charge in [0.15, 0.2) is 0 Å². The molecule has 0 atom stereocenters. The summed E-state index contributed by atoms with van der Waals surface area (Å²) < 4.78 is 18.3. The van der Waals surface area contributed by atoms with Crippen LogP contribution in [0.4, 0.5) is 0 Å². The van der Waals surface area contributed by atoms with E-state index in [0.717, 1.165) is 40.0 Å². The van der Waals surface area contributed by atoms with Gasteiger partial charge in [0, 0.05) is 36.2 Å². The van der Waals surface area contributed by atoms with Crippen LogP contribution >= 0.6 is 22.7 Å². The lowest BCUT2D eigenvalue weighted by atomic mass is 10.2. The molecule has 0 bridgehead atoms. The number of ether oxygens (including phenoxy) is 3. The number of thiophene rings is 1. The molecular formula is C26H29N3O4S2. The van der Waals surface area contributed by atoms with E-state index in [4.69, 9.17) is 19.2 Å². The largest absolute Gasteiger partial charge is 0.497 e. The van der Waals surface area contributed by atoms with Crippen LogP contribution in [0.25, 0.3) is 11.4 Å². The molecule has 4 aromatic rings. The van der Waals surface area contributed by atoms with Gasteiger partial charge in [0.25, 0.3) is 5.91 Å². The van der Waals surface area contributed by atoms with E-state index in [1.54, 1.807) is 36.9 Å². The van der Waals surface area contributed by atoms with Crippen LogP contribution in [-0.2, 0) is 17.9 Å². The van der Waals surface area contributed by atoms with Crippen molar-refractivity contribution >= 4 is 28.6 Å². The highest BCUT2D eigenvalue weighted by Crippen LogP contribution is 2.29. The molecule has 35 heavy (non-hydrogen) atoms. The molecular weight excluding hydrogens is 482 g/mol.